The van der Waals surface area contributed by atoms with E-state index in [-0.39, 0.29) is 5.56 Å². The highest BCUT2D eigenvalue weighted by Crippen LogP contribution is 2.34. The molecule has 4 aromatic carbocycles. The van der Waals surface area contributed by atoms with E-state index in [4.69, 9.17) is 9.72 Å². The van der Waals surface area contributed by atoms with Crippen LogP contribution in [0.3, 0.4) is 0 Å². The minimum atomic E-state index is -0.0556. The van der Waals surface area contributed by atoms with Gasteiger partial charge in [-0.2, -0.15) is 0 Å². The third-order valence-electron chi connectivity index (χ3n) is 5.92. The van der Waals surface area contributed by atoms with Crippen molar-refractivity contribution in [3.8, 4) is 28.3 Å². The summed E-state index contributed by atoms with van der Waals surface area (Å²) in [5.41, 5.74) is 3.77. The maximum Gasteiger partial charge on any atom is 0.268 e. The number of thiophene rings is 1. The summed E-state index contributed by atoms with van der Waals surface area (Å²) in [7, 11) is 0. The molecular weight excluding hydrogens is 496 g/mol. The lowest BCUT2D eigenvalue weighted by Gasteiger charge is -2.13. The van der Waals surface area contributed by atoms with Crippen LogP contribution in [0.4, 0.5) is 0 Å². The second-order valence-electron chi connectivity index (χ2n) is 8.42. The van der Waals surface area contributed by atoms with Gasteiger partial charge in [-0.25, -0.2) is 4.98 Å². The van der Waals surface area contributed by atoms with Crippen LogP contribution in [-0.2, 0) is 5.75 Å². The van der Waals surface area contributed by atoms with Crippen molar-refractivity contribution in [3.63, 3.8) is 0 Å². The lowest BCUT2D eigenvalue weighted by atomic mass is 10.1. The molecule has 6 rings (SSSR count). The first kappa shape index (κ1) is 23.3. The molecule has 0 saturated carbocycles. The summed E-state index contributed by atoms with van der Waals surface area (Å²) < 4.78 is 7.74. The third-order valence-corrected chi connectivity index (χ3v) is 7.80. The van der Waals surface area contributed by atoms with Crippen molar-refractivity contribution in [1.29, 1.82) is 0 Å². The average molecular weight is 519 g/mol. The van der Waals surface area contributed by atoms with Crippen LogP contribution in [0.1, 0.15) is 5.56 Å². The molecule has 0 N–H and O–H groups in total. The number of ether oxygens (including phenoxy) is 1. The predicted molar refractivity (Wildman–Crippen MR) is 153 cm³/mol. The Balaban J connectivity index is 1.37. The second-order valence-corrected chi connectivity index (χ2v) is 10.2. The molecule has 2 aromatic heterocycles. The highest BCUT2D eigenvalue weighted by molar-refractivity contribution is 7.98. The van der Waals surface area contributed by atoms with E-state index < -0.39 is 0 Å². The summed E-state index contributed by atoms with van der Waals surface area (Å²) >= 11 is 3.06. The molecule has 0 radical (unpaired) electrons. The smallest absolute Gasteiger partial charge is 0.268 e. The zero-order valence-electron chi connectivity index (χ0n) is 19.8. The fraction of sp³-hybridized carbons (Fsp3) is 0.0323. The van der Waals surface area contributed by atoms with E-state index in [1.165, 1.54) is 11.3 Å². The number of aromatic nitrogens is 2. The van der Waals surface area contributed by atoms with Gasteiger partial charge in [-0.05, 0) is 47.5 Å². The standard InChI is InChI=1S/C31H22N2O2S2/c34-30-28-27(23-12-4-1-5-13-23)21-36-29(28)32-31(33(30)24-14-6-2-7-15-24)37-20-22-11-10-18-26(19-22)35-25-16-8-3-9-17-25/h1-19,21H,20H2. The number of benzene rings is 4. The van der Waals surface area contributed by atoms with Crippen LogP contribution in [0.25, 0.3) is 27.0 Å². The number of thioether (sulfide) groups is 1. The van der Waals surface area contributed by atoms with Crippen LogP contribution >= 0.6 is 23.1 Å². The van der Waals surface area contributed by atoms with Gasteiger partial charge in [0.25, 0.3) is 5.56 Å². The highest BCUT2D eigenvalue weighted by Gasteiger charge is 2.18. The Hall–Kier alpha value is -4.13. The first-order valence-electron chi connectivity index (χ1n) is 11.9. The van der Waals surface area contributed by atoms with Gasteiger partial charge in [0.2, 0.25) is 0 Å². The van der Waals surface area contributed by atoms with Crippen molar-refractivity contribution >= 4 is 33.3 Å². The van der Waals surface area contributed by atoms with Crippen LogP contribution in [-0.4, -0.2) is 9.55 Å². The van der Waals surface area contributed by atoms with Crippen molar-refractivity contribution < 1.29 is 4.74 Å². The summed E-state index contributed by atoms with van der Waals surface area (Å²) in [6.07, 6.45) is 0. The summed E-state index contributed by atoms with van der Waals surface area (Å²) in [5.74, 6) is 2.22. The van der Waals surface area contributed by atoms with Crippen molar-refractivity contribution in [3.05, 3.63) is 137 Å². The first-order valence-corrected chi connectivity index (χ1v) is 13.7. The van der Waals surface area contributed by atoms with Crippen molar-refractivity contribution in [2.24, 2.45) is 0 Å². The van der Waals surface area contributed by atoms with Gasteiger partial charge in [0, 0.05) is 16.7 Å². The Morgan fingerprint density at radius 3 is 2.22 bits per heavy atom. The normalized spacial score (nSPS) is 11.0. The monoisotopic (exact) mass is 518 g/mol. The second kappa shape index (κ2) is 10.5. The summed E-state index contributed by atoms with van der Waals surface area (Å²) in [4.78, 5) is 19.7. The Kier molecular flexibility index (Phi) is 6.58. The summed E-state index contributed by atoms with van der Waals surface area (Å²) in [6, 6.07) is 37.5. The van der Waals surface area contributed by atoms with Crippen molar-refractivity contribution in [2.45, 2.75) is 10.9 Å². The molecule has 0 saturated heterocycles. The summed E-state index contributed by atoms with van der Waals surface area (Å²) in [6.45, 7) is 0. The fourth-order valence-electron chi connectivity index (χ4n) is 4.18. The molecular formula is C31H22N2O2S2. The van der Waals surface area contributed by atoms with Gasteiger partial charge >= 0.3 is 0 Å². The molecule has 6 heteroatoms. The molecule has 0 unspecified atom stereocenters. The number of para-hydroxylation sites is 2. The van der Waals surface area contributed by atoms with Gasteiger partial charge < -0.3 is 4.74 Å². The van der Waals surface area contributed by atoms with Crippen LogP contribution in [0, 0.1) is 0 Å². The predicted octanol–water partition coefficient (Wildman–Crippen LogP) is 8.20. The number of rotatable bonds is 7. The zero-order chi connectivity index (χ0) is 25.0. The molecule has 0 fully saturated rings. The molecule has 0 spiro atoms. The number of hydrogen-bond donors (Lipinski definition) is 0. The highest BCUT2D eigenvalue weighted by atomic mass is 32.2. The molecule has 180 valence electrons. The molecule has 0 aliphatic carbocycles. The topological polar surface area (TPSA) is 44.1 Å². The van der Waals surface area contributed by atoms with E-state index in [2.05, 4.69) is 6.07 Å². The van der Waals surface area contributed by atoms with Gasteiger partial charge in [0.05, 0.1) is 11.1 Å². The SMILES string of the molecule is O=c1c2c(-c3ccccc3)csc2nc(SCc2cccc(Oc3ccccc3)c2)n1-c1ccccc1. The Morgan fingerprint density at radius 1 is 0.784 bits per heavy atom. The molecule has 0 atom stereocenters. The quantitative estimate of drug-likeness (QED) is 0.158. The first-order chi connectivity index (χ1) is 18.3. The van der Waals surface area contributed by atoms with Crippen LogP contribution in [0.5, 0.6) is 11.5 Å². The zero-order valence-corrected chi connectivity index (χ0v) is 21.4. The van der Waals surface area contributed by atoms with E-state index >= 15 is 0 Å². The largest absolute Gasteiger partial charge is 0.457 e. The average Bonchev–Trinajstić information content (AvgIpc) is 3.38. The van der Waals surface area contributed by atoms with Gasteiger partial charge in [0.15, 0.2) is 5.16 Å². The molecule has 0 aliphatic heterocycles. The maximum atomic E-state index is 14.0. The van der Waals surface area contributed by atoms with Crippen molar-refractivity contribution in [1.82, 2.24) is 9.55 Å². The lowest BCUT2D eigenvalue weighted by molar-refractivity contribution is 0.482. The molecule has 37 heavy (non-hydrogen) atoms. The Labute approximate surface area is 222 Å². The number of hydrogen-bond acceptors (Lipinski definition) is 5. The molecule has 4 nitrogen and oxygen atoms in total. The van der Waals surface area contributed by atoms with Crippen molar-refractivity contribution in [2.75, 3.05) is 0 Å². The Bertz CT molecular complexity index is 1710. The van der Waals surface area contributed by atoms with Gasteiger partial charge in [-0.3, -0.25) is 9.36 Å². The lowest BCUT2D eigenvalue weighted by Crippen LogP contribution is -2.21. The van der Waals surface area contributed by atoms with Gasteiger partial charge in [-0.15, -0.1) is 11.3 Å². The van der Waals surface area contributed by atoms with Crippen LogP contribution in [0.15, 0.2) is 131 Å². The molecule has 6 aromatic rings. The number of nitrogens with zero attached hydrogens (tertiary/aromatic N) is 2. The minimum Gasteiger partial charge on any atom is -0.457 e. The van der Waals surface area contributed by atoms with E-state index in [1.807, 2.05) is 115 Å². The maximum absolute atomic E-state index is 14.0. The van der Waals surface area contributed by atoms with E-state index in [9.17, 15) is 4.79 Å². The van der Waals surface area contributed by atoms with Crippen LogP contribution in [0.2, 0.25) is 0 Å². The van der Waals surface area contributed by atoms with Gasteiger partial charge in [-0.1, -0.05) is 90.6 Å². The van der Waals surface area contributed by atoms with Gasteiger partial charge in [0.1, 0.15) is 16.3 Å². The van der Waals surface area contributed by atoms with Crippen LogP contribution < -0.4 is 10.3 Å². The fourth-order valence-corrected chi connectivity index (χ4v) is 6.12. The van der Waals surface area contributed by atoms with E-state index in [0.717, 1.165) is 38.7 Å². The van der Waals surface area contributed by atoms with E-state index in [1.54, 1.807) is 16.3 Å². The minimum absolute atomic E-state index is 0.0556. The molecule has 0 aliphatic rings. The van der Waals surface area contributed by atoms with E-state index in [0.29, 0.717) is 16.3 Å². The molecule has 0 amide bonds. The third kappa shape index (κ3) is 4.94. The Morgan fingerprint density at radius 2 is 1.46 bits per heavy atom. The summed E-state index contributed by atoms with van der Waals surface area (Å²) in [5, 5.41) is 3.35. The number of fused-ring (bicyclic) bond motifs is 1. The molecule has 2 heterocycles. The molecule has 0 bridgehead atoms.